The summed E-state index contributed by atoms with van der Waals surface area (Å²) in [5, 5.41) is 5.04. The zero-order chi connectivity index (χ0) is 52.3. The van der Waals surface area contributed by atoms with E-state index < -0.39 is 0 Å². The van der Waals surface area contributed by atoms with Crippen molar-refractivity contribution in [1.82, 2.24) is 9.13 Å². The van der Waals surface area contributed by atoms with Gasteiger partial charge in [-0.2, -0.15) is 0 Å². The molecule has 370 valence electrons. The lowest BCUT2D eigenvalue weighted by molar-refractivity contribution is 1.17. The summed E-state index contributed by atoms with van der Waals surface area (Å²) in [5.74, 6) is 0. The molecule has 12 aromatic carbocycles. The Morgan fingerprint density at radius 1 is 0.350 bits per heavy atom. The number of para-hydroxylation sites is 8. The van der Waals surface area contributed by atoms with E-state index in [0.29, 0.717) is 0 Å². The van der Waals surface area contributed by atoms with Crippen LogP contribution < -0.4 is 47.5 Å². The Labute approximate surface area is 464 Å². The number of fused-ring (bicyclic) bond motifs is 16. The van der Waals surface area contributed by atoms with E-state index in [1.54, 1.807) is 0 Å². The minimum atomic E-state index is -0.104. The minimum absolute atomic E-state index is 0.0751. The maximum absolute atomic E-state index is 2.67. The normalized spacial score (nSPS) is 13.2. The molecule has 0 spiro atoms. The highest BCUT2D eigenvalue weighted by molar-refractivity contribution is 7.03. The van der Waals surface area contributed by atoms with Crippen LogP contribution in [0.15, 0.2) is 267 Å². The van der Waals surface area contributed by atoms with E-state index in [-0.39, 0.29) is 13.4 Å². The second-order valence-electron chi connectivity index (χ2n) is 21.9. The molecule has 0 aliphatic carbocycles. The first-order chi connectivity index (χ1) is 39.7. The van der Waals surface area contributed by atoms with Crippen LogP contribution in [0, 0.1) is 6.92 Å². The lowest BCUT2D eigenvalue weighted by Gasteiger charge is -2.46. The van der Waals surface area contributed by atoms with E-state index >= 15 is 0 Å². The molecule has 0 bridgehead atoms. The number of nitrogens with zero attached hydrogens (tertiary/aromatic N) is 5. The number of benzene rings is 12. The predicted molar refractivity (Wildman–Crippen MR) is 339 cm³/mol. The van der Waals surface area contributed by atoms with Crippen LogP contribution in [0.5, 0.6) is 0 Å². The first-order valence-corrected chi connectivity index (χ1v) is 27.9. The monoisotopic (exact) mass is 1020 g/mol. The lowest BCUT2D eigenvalue weighted by Crippen LogP contribution is -2.65. The van der Waals surface area contributed by atoms with Crippen molar-refractivity contribution in [3.63, 3.8) is 0 Å². The van der Waals surface area contributed by atoms with Crippen LogP contribution in [-0.2, 0) is 0 Å². The second kappa shape index (κ2) is 16.4. The van der Waals surface area contributed by atoms with Gasteiger partial charge in [-0.05, 0) is 141 Å². The topological polar surface area (TPSA) is 19.6 Å². The average Bonchev–Trinajstić information content (AvgIpc) is 3.88. The van der Waals surface area contributed by atoms with Crippen LogP contribution in [0.2, 0.25) is 0 Å². The molecule has 4 aliphatic rings. The quantitative estimate of drug-likeness (QED) is 0.155. The first-order valence-electron chi connectivity index (χ1n) is 27.9. The van der Waals surface area contributed by atoms with Gasteiger partial charge >= 0.3 is 0 Å². The van der Waals surface area contributed by atoms with Gasteiger partial charge in [0.15, 0.2) is 0 Å². The lowest BCUT2D eigenvalue weighted by atomic mass is 9.30. The van der Waals surface area contributed by atoms with Gasteiger partial charge in [0.2, 0.25) is 0 Å². The van der Waals surface area contributed by atoms with Crippen molar-refractivity contribution < 1.29 is 0 Å². The molecule has 80 heavy (non-hydrogen) atoms. The maximum atomic E-state index is 2.67. The van der Waals surface area contributed by atoms with Crippen LogP contribution in [0.25, 0.3) is 66.1 Å². The maximum Gasteiger partial charge on any atom is 0.252 e. The Balaban J connectivity index is 1.02. The van der Waals surface area contributed by atoms with Gasteiger partial charge in [-0.15, -0.1) is 0 Å². The summed E-state index contributed by atoms with van der Waals surface area (Å²) in [6, 6.07) is 99.7. The van der Waals surface area contributed by atoms with Crippen LogP contribution >= 0.6 is 0 Å². The van der Waals surface area contributed by atoms with Crippen molar-refractivity contribution >= 4 is 141 Å². The van der Waals surface area contributed by atoms with Crippen molar-refractivity contribution in [2.45, 2.75) is 6.92 Å². The molecule has 0 atom stereocenters. The Hall–Kier alpha value is -10.2. The molecule has 2 aromatic heterocycles. The molecule has 0 saturated heterocycles. The summed E-state index contributed by atoms with van der Waals surface area (Å²) >= 11 is 0. The molecule has 0 amide bonds. The van der Waals surface area contributed by atoms with E-state index in [4.69, 9.17) is 0 Å². The van der Waals surface area contributed by atoms with Crippen molar-refractivity contribution in [1.29, 1.82) is 0 Å². The van der Waals surface area contributed by atoms with Gasteiger partial charge in [0.05, 0.1) is 27.8 Å². The molecule has 14 aromatic rings. The third-order valence-electron chi connectivity index (χ3n) is 17.9. The van der Waals surface area contributed by atoms with Crippen molar-refractivity contribution in [2.75, 3.05) is 14.7 Å². The smallest absolute Gasteiger partial charge is 0.252 e. The average molecular weight is 1020 g/mol. The van der Waals surface area contributed by atoms with Gasteiger partial charge in [0, 0.05) is 78.4 Å². The molecule has 0 saturated carbocycles. The Morgan fingerprint density at radius 3 is 1.29 bits per heavy atom. The predicted octanol–water partition coefficient (Wildman–Crippen LogP) is 14.6. The molecule has 7 heteroatoms. The van der Waals surface area contributed by atoms with E-state index in [0.717, 1.165) is 28.4 Å². The summed E-state index contributed by atoms with van der Waals surface area (Å²) in [6.07, 6.45) is 0. The standard InChI is InChI=1S/C73H47B2N5/c1-46-70-57(74-55-37-19-23-41-61(55)79-59-39-21-17-35-52(59)66-54(47-25-7-2-8-26-47)43-64(68(74)72(66)79)77(70)50-31-13-5-14-32-50)44-58-71(46)78(51-33-15-6-16-34-51)65-45-63(76(48-27-9-3-10-28-48)49-29-11-4-12-30-49)67-53-36-18-22-40-60(53)80-62-42-24-20-38-56(62)75(58)69(65)73(67)80/h2-45H,1H3. The highest BCUT2D eigenvalue weighted by Gasteiger charge is 2.49. The minimum Gasteiger partial charge on any atom is -0.311 e. The molecular formula is C73H47B2N5. The van der Waals surface area contributed by atoms with Gasteiger partial charge < -0.3 is 23.8 Å². The zero-order valence-corrected chi connectivity index (χ0v) is 43.8. The molecule has 6 heterocycles. The van der Waals surface area contributed by atoms with Crippen molar-refractivity contribution in [2.24, 2.45) is 0 Å². The Kier molecular flexibility index (Phi) is 8.98. The van der Waals surface area contributed by atoms with Crippen LogP contribution in [0.4, 0.5) is 51.2 Å². The van der Waals surface area contributed by atoms with Crippen LogP contribution in [0.1, 0.15) is 5.56 Å². The molecule has 0 unspecified atom stereocenters. The number of anilines is 9. The fraction of sp³-hybridized carbons (Fsp3) is 0.0137. The van der Waals surface area contributed by atoms with E-state index in [2.05, 4.69) is 298 Å². The van der Waals surface area contributed by atoms with Gasteiger partial charge in [-0.1, -0.05) is 182 Å². The Bertz CT molecular complexity index is 4880. The van der Waals surface area contributed by atoms with Gasteiger partial charge in [-0.25, -0.2) is 0 Å². The van der Waals surface area contributed by atoms with E-state index in [1.807, 2.05) is 0 Å². The largest absolute Gasteiger partial charge is 0.311 e. The number of hydrogen-bond acceptors (Lipinski definition) is 3. The third kappa shape index (κ3) is 5.72. The fourth-order valence-electron chi connectivity index (χ4n) is 15.0. The molecule has 4 aliphatic heterocycles. The Morgan fingerprint density at radius 2 is 0.762 bits per heavy atom. The van der Waals surface area contributed by atoms with E-state index in [1.165, 1.54) is 127 Å². The number of rotatable bonds is 6. The molecule has 18 rings (SSSR count). The summed E-state index contributed by atoms with van der Waals surface area (Å²) in [4.78, 5) is 7.75. The highest BCUT2D eigenvalue weighted by Crippen LogP contribution is 2.53. The SMILES string of the molecule is Cc1c2c(cc3c1N(c1ccccc1)c1cc(N(c4ccccc4)c4ccccc4)c4c5ccccc5n5c4c1B3c1ccccc1-5)B1c3ccccc3-n3c4ccccc4c4c(-c5ccccc5)cc(c1c43)N2c1ccccc1. The number of hydrogen-bond donors (Lipinski definition) is 0. The van der Waals surface area contributed by atoms with Crippen molar-refractivity contribution in [3.8, 4) is 22.5 Å². The van der Waals surface area contributed by atoms with Crippen LogP contribution in [-0.4, -0.2) is 22.6 Å². The summed E-state index contributed by atoms with van der Waals surface area (Å²) in [7, 11) is 0. The van der Waals surface area contributed by atoms with Crippen LogP contribution in [0.3, 0.4) is 0 Å². The molecule has 0 N–H and O–H groups in total. The van der Waals surface area contributed by atoms with E-state index in [9.17, 15) is 0 Å². The second-order valence-corrected chi connectivity index (χ2v) is 21.9. The molecule has 0 fully saturated rings. The van der Waals surface area contributed by atoms with Gasteiger partial charge in [0.1, 0.15) is 0 Å². The third-order valence-corrected chi connectivity index (χ3v) is 17.9. The first kappa shape index (κ1) is 43.8. The summed E-state index contributed by atoms with van der Waals surface area (Å²) in [5.41, 5.74) is 29.5. The molecular weight excluding hydrogens is 968 g/mol. The molecule has 0 radical (unpaired) electrons. The summed E-state index contributed by atoms with van der Waals surface area (Å²) < 4.78 is 5.18. The highest BCUT2D eigenvalue weighted by atomic mass is 15.2. The molecule has 5 nitrogen and oxygen atoms in total. The van der Waals surface area contributed by atoms with Gasteiger partial charge in [0.25, 0.3) is 13.4 Å². The zero-order valence-electron chi connectivity index (χ0n) is 43.8. The van der Waals surface area contributed by atoms with Crippen molar-refractivity contribution in [3.05, 3.63) is 272 Å². The van der Waals surface area contributed by atoms with Gasteiger partial charge in [-0.3, -0.25) is 0 Å². The fourth-order valence-corrected chi connectivity index (χ4v) is 15.0. The summed E-state index contributed by atoms with van der Waals surface area (Å²) in [6.45, 7) is 2.24. The number of aromatic nitrogens is 2.